The van der Waals surface area contributed by atoms with Gasteiger partial charge in [-0.2, -0.15) is 0 Å². The van der Waals surface area contributed by atoms with Crippen LogP contribution < -0.4 is 4.72 Å². The number of nitrogens with one attached hydrogen (secondary N) is 1. The van der Waals surface area contributed by atoms with Crippen LogP contribution in [0, 0.1) is 0 Å². The fraction of sp³-hybridized carbons (Fsp3) is 0.312. The van der Waals surface area contributed by atoms with Crippen molar-refractivity contribution < 1.29 is 13.2 Å². The normalized spacial score (nSPS) is 14.4. The van der Waals surface area contributed by atoms with E-state index >= 15 is 0 Å². The first-order chi connectivity index (χ1) is 10.5. The highest BCUT2D eigenvalue weighted by atomic mass is 32.2. The Hall–Kier alpha value is -1.92. The maximum Gasteiger partial charge on any atom is 0.254 e. The molecule has 0 aliphatic heterocycles. The summed E-state index contributed by atoms with van der Waals surface area (Å²) in [5, 5.41) is 0. The van der Waals surface area contributed by atoms with E-state index in [-0.39, 0.29) is 16.8 Å². The standard InChI is InChI=1S/C16H20N2O3S/c1-3-10-18(11-4-2)16(19)13-6-5-7-15(12-13)22(20,21)17-14-8-9-14/h3-7,12,14,17H,1-2,8-11H2. The Kier molecular flexibility index (Phi) is 5.15. The number of nitrogens with zero attached hydrogens (tertiary/aromatic N) is 1. The minimum Gasteiger partial charge on any atom is -0.331 e. The molecule has 0 radical (unpaired) electrons. The molecule has 2 rings (SSSR count). The highest BCUT2D eigenvalue weighted by molar-refractivity contribution is 7.89. The van der Waals surface area contributed by atoms with Crippen LogP contribution in [0.3, 0.4) is 0 Å². The maximum absolute atomic E-state index is 12.5. The van der Waals surface area contributed by atoms with E-state index in [2.05, 4.69) is 17.9 Å². The lowest BCUT2D eigenvalue weighted by molar-refractivity contribution is 0.0790. The van der Waals surface area contributed by atoms with Gasteiger partial charge >= 0.3 is 0 Å². The molecule has 5 nitrogen and oxygen atoms in total. The SMILES string of the molecule is C=CCN(CC=C)C(=O)c1cccc(S(=O)(=O)NC2CC2)c1. The van der Waals surface area contributed by atoms with E-state index in [9.17, 15) is 13.2 Å². The van der Waals surface area contributed by atoms with Crippen LogP contribution in [0.15, 0.2) is 54.5 Å². The molecule has 0 saturated heterocycles. The molecular formula is C16H20N2O3S. The lowest BCUT2D eigenvalue weighted by Crippen LogP contribution is -2.31. The average molecular weight is 320 g/mol. The first-order valence-electron chi connectivity index (χ1n) is 7.11. The molecule has 1 N–H and O–H groups in total. The molecule has 1 aromatic carbocycles. The smallest absolute Gasteiger partial charge is 0.254 e. The van der Waals surface area contributed by atoms with Gasteiger partial charge < -0.3 is 4.90 Å². The van der Waals surface area contributed by atoms with Gasteiger partial charge in [-0.3, -0.25) is 4.79 Å². The van der Waals surface area contributed by atoms with E-state index in [1.54, 1.807) is 29.2 Å². The Morgan fingerprint density at radius 3 is 2.45 bits per heavy atom. The molecule has 1 amide bonds. The predicted molar refractivity (Wildman–Crippen MR) is 86.1 cm³/mol. The Labute approximate surface area is 131 Å². The first kappa shape index (κ1) is 16.5. The van der Waals surface area contributed by atoms with Crippen molar-refractivity contribution in [1.82, 2.24) is 9.62 Å². The largest absolute Gasteiger partial charge is 0.331 e. The van der Waals surface area contributed by atoms with Crippen molar-refractivity contribution in [3.63, 3.8) is 0 Å². The van der Waals surface area contributed by atoms with Crippen LogP contribution in [0.5, 0.6) is 0 Å². The van der Waals surface area contributed by atoms with Crippen LogP contribution in [0.4, 0.5) is 0 Å². The molecule has 0 aromatic heterocycles. The van der Waals surface area contributed by atoms with E-state index in [0.717, 1.165) is 12.8 Å². The highest BCUT2D eigenvalue weighted by Gasteiger charge is 2.28. The molecule has 0 atom stereocenters. The molecule has 0 bridgehead atoms. The lowest BCUT2D eigenvalue weighted by atomic mass is 10.2. The molecule has 118 valence electrons. The summed E-state index contributed by atoms with van der Waals surface area (Å²) < 4.78 is 27.0. The van der Waals surface area contributed by atoms with Crippen molar-refractivity contribution in [3.8, 4) is 0 Å². The van der Waals surface area contributed by atoms with Crippen LogP contribution in [-0.4, -0.2) is 38.4 Å². The number of carbonyl (C=O) groups excluding carboxylic acids is 1. The van der Waals surface area contributed by atoms with Gasteiger partial charge in [0.15, 0.2) is 0 Å². The topological polar surface area (TPSA) is 66.5 Å². The highest BCUT2D eigenvalue weighted by Crippen LogP contribution is 2.22. The summed E-state index contributed by atoms with van der Waals surface area (Å²) in [6.07, 6.45) is 4.97. The van der Waals surface area contributed by atoms with Crippen molar-refractivity contribution >= 4 is 15.9 Å². The van der Waals surface area contributed by atoms with Gasteiger partial charge in [-0.05, 0) is 31.0 Å². The summed E-state index contributed by atoms with van der Waals surface area (Å²) in [7, 11) is -3.56. The Balaban J connectivity index is 2.24. The Morgan fingerprint density at radius 1 is 1.27 bits per heavy atom. The van der Waals surface area contributed by atoms with Gasteiger partial charge in [0, 0.05) is 24.7 Å². The molecule has 0 unspecified atom stereocenters. The van der Waals surface area contributed by atoms with E-state index in [0.29, 0.717) is 18.7 Å². The van der Waals surface area contributed by atoms with Crippen molar-refractivity contribution in [2.45, 2.75) is 23.8 Å². The molecule has 6 heteroatoms. The third-order valence-electron chi connectivity index (χ3n) is 3.28. The third kappa shape index (κ3) is 4.05. The van der Waals surface area contributed by atoms with Crippen LogP contribution in [0.1, 0.15) is 23.2 Å². The van der Waals surface area contributed by atoms with Gasteiger partial charge in [0.25, 0.3) is 5.91 Å². The second-order valence-corrected chi connectivity index (χ2v) is 6.92. The Morgan fingerprint density at radius 2 is 1.91 bits per heavy atom. The fourth-order valence-corrected chi connectivity index (χ4v) is 3.37. The van der Waals surface area contributed by atoms with Gasteiger partial charge in [0.05, 0.1) is 4.90 Å². The molecule has 0 spiro atoms. The zero-order chi connectivity index (χ0) is 16.2. The maximum atomic E-state index is 12.5. The van der Waals surface area contributed by atoms with E-state index in [1.807, 2.05) is 0 Å². The molecule has 1 fully saturated rings. The average Bonchev–Trinajstić information content (AvgIpc) is 3.30. The van der Waals surface area contributed by atoms with Gasteiger partial charge in [0.2, 0.25) is 10.0 Å². The van der Waals surface area contributed by atoms with Crippen LogP contribution in [-0.2, 0) is 10.0 Å². The number of hydrogen-bond acceptors (Lipinski definition) is 3. The summed E-state index contributed by atoms with van der Waals surface area (Å²) in [5.41, 5.74) is 0.336. The second kappa shape index (κ2) is 6.89. The van der Waals surface area contributed by atoms with Crippen LogP contribution in [0.2, 0.25) is 0 Å². The van der Waals surface area contributed by atoms with Gasteiger partial charge in [-0.25, -0.2) is 13.1 Å². The van der Waals surface area contributed by atoms with Crippen molar-refractivity contribution in [3.05, 3.63) is 55.1 Å². The van der Waals surface area contributed by atoms with E-state index in [4.69, 9.17) is 0 Å². The van der Waals surface area contributed by atoms with Crippen molar-refractivity contribution in [2.75, 3.05) is 13.1 Å². The number of benzene rings is 1. The zero-order valence-electron chi connectivity index (χ0n) is 12.4. The summed E-state index contributed by atoms with van der Waals surface area (Å²) in [5.74, 6) is -0.247. The summed E-state index contributed by atoms with van der Waals surface area (Å²) in [4.78, 5) is 14.1. The number of sulfonamides is 1. The molecule has 1 aliphatic carbocycles. The van der Waals surface area contributed by atoms with Gasteiger partial charge in [-0.1, -0.05) is 18.2 Å². The zero-order valence-corrected chi connectivity index (χ0v) is 13.2. The number of rotatable bonds is 8. The van der Waals surface area contributed by atoms with E-state index < -0.39 is 10.0 Å². The summed E-state index contributed by atoms with van der Waals surface area (Å²) in [6, 6.07) is 6.12. The van der Waals surface area contributed by atoms with E-state index in [1.165, 1.54) is 12.1 Å². The molecule has 1 aliphatic rings. The lowest BCUT2D eigenvalue weighted by Gasteiger charge is -2.19. The van der Waals surface area contributed by atoms with Crippen molar-refractivity contribution in [1.29, 1.82) is 0 Å². The summed E-state index contributed by atoms with van der Waals surface area (Å²) >= 11 is 0. The monoisotopic (exact) mass is 320 g/mol. The first-order valence-corrected chi connectivity index (χ1v) is 8.59. The van der Waals surface area contributed by atoms with Crippen LogP contribution in [0.25, 0.3) is 0 Å². The number of amides is 1. The molecular weight excluding hydrogens is 300 g/mol. The predicted octanol–water partition coefficient (Wildman–Crippen LogP) is 1.94. The molecule has 1 saturated carbocycles. The van der Waals surface area contributed by atoms with Crippen molar-refractivity contribution in [2.24, 2.45) is 0 Å². The third-order valence-corrected chi connectivity index (χ3v) is 4.79. The second-order valence-electron chi connectivity index (χ2n) is 5.21. The number of carbonyl (C=O) groups is 1. The summed E-state index contributed by atoms with van der Waals surface area (Å²) in [6.45, 7) is 8.00. The quantitative estimate of drug-likeness (QED) is 0.744. The number of hydrogen-bond donors (Lipinski definition) is 1. The fourth-order valence-electron chi connectivity index (χ4n) is 2.02. The minimum atomic E-state index is -3.56. The molecule has 0 heterocycles. The minimum absolute atomic E-state index is 0.0300. The molecule has 1 aromatic rings. The van der Waals surface area contributed by atoms with Gasteiger partial charge in [-0.15, -0.1) is 13.2 Å². The van der Waals surface area contributed by atoms with Gasteiger partial charge in [0.1, 0.15) is 0 Å². The molecule has 22 heavy (non-hydrogen) atoms. The van der Waals surface area contributed by atoms with Crippen LogP contribution >= 0.6 is 0 Å². The Bertz CT molecular complexity index is 668.